The Kier molecular flexibility index (Phi) is 5.79. The number of piperazine rings is 1. The maximum atomic E-state index is 15.5. The third-order valence-corrected chi connectivity index (χ3v) is 8.01. The summed E-state index contributed by atoms with van der Waals surface area (Å²) in [6.45, 7) is 5.02. The molecule has 40 heavy (non-hydrogen) atoms. The molecule has 1 fully saturated rings. The summed E-state index contributed by atoms with van der Waals surface area (Å²) in [5.74, 6) is -0.152. The van der Waals surface area contributed by atoms with Gasteiger partial charge in [-0.25, -0.2) is 9.18 Å². The van der Waals surface area contributed by atoms with Crippen LogP contribution in [0.4, 0.5) is 10.1 Å². The van der Waals surface area contributed by atoms with Crippen LogP contribution in [0, 0.1) is 5.82 Å². The van der Waals surface area contributed by atoms with Crippen LogP contribution in [-0.4, -0.2) is 59.5 Å². The van der Waals surface area contributed by atoms with Gasteiger partial charge in [-0.2, -0.15) is 0 Å². The number of nitrogens with zero attached hydrogens (tertiary/aromatic N) is 5. The van der Waals surface area contributed by atoms with Crippen LogP contribution in [0.5, 0.6) is 5.75 Å². The minimum atomic E-state index is -0.626. The van der Waals surface area contributed by atoms with Gasteiger partial charge in [0, 0.05) is 42.1 Å². The molecule has 5 heterocycles. The first-order valence-corrected chi connectivity index (χ1v) is 13.6. The lowest BCUT2D eigenvalue weighted by molar-refractivity contribution is 0.245. The van der Waals surface area contributed by atoms with Crippen LogP contribution in [0.15, 0.2) is 59.3 Å². The van der Waals surface area contributed by atoms with Gasteiger partial charge in [-0.1, -0.05) is 15.9 Å². The van der Waals surface area contributed by atoms with Gasteiger partial charge in [0.15, 0.2) is 17.0 Å². The summed E-state index contributed by atoms with van der Waals surface area (Å²) in [6, 6.07) is 9.32. The van der Waals surface area contributed by atoms with Crippen LogP contribution >= 0.6 is 15.9 Å². The molecule has 0 amide bonds. The number of pyridine rings is 1. The van der Waals surface area contributed by atoms with Crippen LogP contribution in [0.1, 0.15) is 13.0 Å². The van der Waals surface area contributed by atoms with Crippen LogP contribution in [0.2, 0.25) is 0 Å². The standard InChI is InChI=1S/C28H23BrFN5O5/c1-14-13-38-25-23-17(11-19(30)24(25)34-7-5-33(2)6-8-34)21(36)12-20(35(14)23)27-32-31-26(40-27)18-10-15-9-16(29)3-4-22(15)39-28(18)37/h3-4,9-12,14H,5-8,13H2,1-2H3. The first-order valence-electron chi connectivity index (χ1n) is 12.8. The number of aromatic nitrogens is 3. The maximum Gasteiger partial charge on any atom is 0.349 e. The fraction of sp³-hybridized carbons (Fsp3) is 0.286. The number of hydrogen-bond acceptors (Lipinski definition) is 9. The first-order chi connectivity index (χ1) is 19.3. The molecule has 0 aliphatic carbocycles. The summed E-state index contributed by atoms with van der Waals surface area (Å²) >= 11 is 3.42. The van der Waals surface area contributed by atoms with E-state index >= 15 is 4.39 Å². The van der Waals surface area contributed by atoms with Gasteiger partial charge in [-0.15, -0.1) is 10.2 Å². The van der Waals surface area contributed by atoms with Crippen molar-refractivity contribution in [3.05, 3.63) is 67.3 Å². The van der Waals surface area contributed by atoms with E-state index in [0.717, 1.165) is 17.6 Å². The maximum absolute atomic E-state index is 15.5. The van der Waals surface area contributed by atoms with Crippen LogP contribution in [0.3, 0.4) is 0 Å². The van der Waals surface area contributed by atoms with Crippen molar-refractivity contribution in [1.29, 1.82) is 0 Å². The largest absolute Gasteiger partial charge is 0.487 e. The summed E-state index contributed by atoms with van der Waals surface area (Å²) in [4.78, 5) is 30.2. The van der Waals surface area contributed by atoms with Crippen LogP contribution in [0.25, 0.3) is 44.9 Å². The highest BCUT2D eigenvalue weighted by Crippen LogP contribution is 2.43. The molecule has 0 spiro atoms. The van der Waals surface area contributed by atoms with Crippen molar-refractivity contribution in [3.8, 4) is 28.8 Å². The van der Waals surface area contributed by atoms with E-state index in [9.17, 15) is 9.59 Å². The smallest absolute Gasteiger partial charge is 0.349 e. The van der Waals surface area contributed by atoms with E-state index in [1.54, 1.807) is 18.2 Å². The van der Waals surface area contributed by atoms with Gasteiger partial charge < -0.3 is 27.9 Å². The predicted molar refractivity (Wildman–Crippen MR) is 151 cm³/mol. The summed E-state index contributed by atoms with van der Waals surface area (Å²) < 4.78 is 35.7. The van der Waals surface area contributed by atoms with E-state index in [2.05, 4.69) is 31.0 Å². The highest BCUT2D eigenvalue weighted by Gasteiger charge is 2.32. The van der Waals surface area contributed by atoms with Crippen LogP contribution in [-0.2, 0) is 0 Å². The Morgan fingerprint density at radius 3 is 2.58 bits per heavy atom. The third kappa shape index (κ3) is 3.93. The second kappa shape index (κ2) is 9.27. The molecule has 204 valence electrons. The molecular formula is C28H23BrFN5O5. The average Bonchev–Trinajstić information content (AvgIpc) is 3.42. The summed E-state index contributed by atoms with van der Waals surface area (Å²) in [5, 5.41) is 9.18. The van der Waals surface area contributed by atoms with Gasteiger partial charge in [0.25, 0.3) is 11.8 Å². The third-order valence-electron chi connectivity index (χ3n) is 7.51. The Labute approximate surface area is 234 Å². The van der Waals surface area contributed by atoms with Crippen molar-refractivity contribution in [3.63, 3.8) is 0 Å². The predicted octanol–water partition coefficient (Wildman–Crippen LogP) is 4.43. The van der Waals surface area contributed by atoms with E-state index in [4.69, 9.17) is 13.6 Å². The van der Waals surface area contributed by atoms with Gasteiger partial charge >= 0.3 is 5.63 Å². The second-order valence-electron chi connectivity index (χ2n) is 10.2. The molecule has 7 rings (SSSR count). The van der Waals surface area contributed by atoms with E-state index in [1.165, 1.54) is 12.1 Å². The number of fused-ring (bicyclic) bond motifs is 1. The molecule has 10 nitrogen and oxygen atoms in total. The number of benzene rings is 2. The number of rotatable bonds is 3. The Balaban J connectivity index is 1.40. The molecule has 0 radical (unpaired) electrons. The number of halogens is 2. The zero-order chi connectivity index (χ0) is 27.7. The van der Waals surface area contributed by atoms with Crippen molar-refractivity contribution < 1.29 is 18.0 Å². The van der Waals surface area contributed by atoms with E-state index < -0.39 is 16.9 Å². The molecule has 2 aromatic carbocycles. The SMILES string of the molecule is CC1COc2c(N3CCN(C)CC3)c(F)cc3c(=O)cc(-c4nnc(-c5cc6cc(Br)ccc6oc5=O)o4)n1c23. The summed E-state index contributed by atoms with van der Waals surface area (Å²) in [6.07, 6.45) is 0. The summed E-state index contributed by atoms with van der Waals surface area (Å²) in [7, 11) is 2.03. The van der Waals surface area contributed by atoms with Crippen molar-refractivity contribution in [2.24, 2.45) is 0 Å². The Bertz CT molecular complexity index is 1940. The van der Waals surface area contributed by atoms with Gasteiger partial charge in [0.2, 0.25) is 0 Å². The molecule has 0 bridgehead atoms. The molecule has 0 N–H and O–H groups in total. The monoisotopic (exact) mass is 607 g/mol. The Morgan fingerprint density at radius 1 is 1.00 bits per heavy atom. The minimum Gasteiger partial charge on any atom is -0.487 e. The fourth-order valence-corrected chi connectivity index (χ4v) is 5.85. The van der Waals surface area contributed by atoms with E-state index in [-0.39, 0.29) is 35.4 Å². The second-order valence-corrected chi connectivity index (χ2v) is 11.1. The van der Waals surface area contributed by atoms with Crippen LogP contribution < -0.4 is 20.7 Å². The topological polar surface area (TPSA) is 107 Å². The normalized spacial score (nSPS) is 17.5. The molecule has 1 atom stereocenters. The lowest BCUT2D eigenvalue weighted by atomic mass is 10.1. The van der Waals surface area contributed by atoms with Gasteiger partial charge in [0.1, 0.15) is 29.1 Å². The molecule has 2 aliphatic rings. The van der Waals surface area contributed by atoms with Crippen molar-refractivity contribution >= 4 is 43.5 Å². The van der Waals surface area contributed by atoms with E-state index in [0.29, 0.717) is 46.7 Å². The molecule has 1 unspecified atom stereocenters. The highest BCUT2D eigenvalue weighted by molar-refractivity contribution is 9.10. The van der Waals surface area contributed by atoms with Gasteiger partial charge in [0.05, 0.1) is 16.9 Å². The lowest BCUT2D eigenvalue weighted by Gasteiger charge is -2.37. The molecule has 5 aromatic rings. The molecule has 2 aliphatic heterocycles. The quantitative estimate of drug-likeness (QED) is 0.275. The molecular weight excluding hydrogens is 585 g/mol. The number of likely N-dealkylation sites (N-methyl/N-ethyl adjacent to an activating group) is 1. The van der Waals surface area contributed by atoms with Crippen molar-refractivity contribution in [2.45, 2.75) is 13.0 Å². The number of ether oxygens (including phenoxy) is 1. The lowest BCUT2D eigenvalue weighted by Crippen LogP contribution is -2.45. The van der Waals surface area contributed by atoms with Crippen molar-refractivity contribution in [2.75, 3.05) is 44.7 Å². The van der Waals surface area contributed by atoms with Gasteiger partial charge in [-0.05, 0) is 44.3 Å². The molecule has 3 aromatic heterocycles. The average molecular weight is 608 g/mol. The number of hydrogen-bond donors (Lipinski definition) is 0. The van der Waals surface area contributed by atoms with E-state index in [1.807, 2.05) is 29.5 Å². The fourth-order valence-electron chi connectivity index (χ4n) is 5.47. The highest BCUT2D eigenvalue weighted by atomic mass is 79.9. The van der Waals surface area contributed by atoms with Gasteiger partial charge in [-0.3, -0.25) is 4.79 Å². The first kappa shape index (κ1) is 25.0. The van der Waals surface area contributed by atoms with Crippen molar-refractivity contribution in [1.82, 2.24) is 19.7 Å². The molecule has 12 heteroatoms. The zero-order valence-corrected chi connectivity index (χ0v) is 23.2. The minimum absolute atomic E-state index is 0.0388. The molecule has 1 saturated heterocycles. The summed E-state index contributed by atoms with van der Waals surface area (Å²) in [5.41, 5.74) is 0.680. The zero-order valence-electron chi connectivity index (χ0n) is 21.6. The number of anilines is 1. The Morgan fingerprint density at radius 2 is 1.77 bits per heavy atom. The Hall–Kier alpha value is -4.03. The molecule has 0 saturated carbocycles.